The lowest BCUT2D eigenvalue weighted by Crippen LogP contribution is -2.09. The molecule has 0 saturated heterocycles. The SMILES string of the molecule is COc1ccc(C(=O)Oc2cccc(/C=C(/C#N)c3ccc(OC)c(OC)c3)c2)cc1OC. The lowest BCUT2D eigenvalue weighted by Gasteiger charge is -2.10. The molecule has 0 spiro atoms. The quantitative estimate of drug-likeness (QED) is 0.209. The van der Waals surface area contributed by atoms with Gasteiger partial charge in [-0.1, -0.05) is 12.1 Å². The molecule has 3 rings (SSSR count). The van der Waals surface area contributed by atoms with Crippen molar-refractivity contribution in [1.29, 1.82) is 5.26 Å². The summed E-state index contributed by atoms with van der Waals surface area (Å²) in [6.45, 7) is 0. The minimum Gasteiger partial charge on any atom is -0.493 e. The number of methoxy groups -OCH3 is 4. The normalized spacial score (nSPS) is 10.7. The maximum absolute atomic E-state index is 12.6. The van der Waals surface area contributed by atoms with Crippen LogP contribution in [0.2, 0.25) is 0 Å². The van der Waals surface area contributed by atoms with Gasteiger partial charge in [-0.15, -0.1) is 0 Å². The van der Waals surface area contributed by atoms with Gasteiger partial charge in [0.15, 0.2) is 23.0 Å². The zero-order valence-corrected chi connectivity index (χ0v) is 18.7. The van der Waals surface area contributed by atoms with Crippen molar-refractivity contribution in [3.8, 4) is 34.8 Å². The zero-order valence-electron chi connectivity index (χ0n) is 18.7. The molecule has 3 aromatic carbocycles. The van der Waals surface area contributed by atoms with Gasteiger partial charge in [0.25, 0.3) is 0 Å². The number of nitrogens with zero attached hydrogens (tertiary/aromatic N) is 1. The molecule has 0 heterocycles. The molecule has 0 atom stereocenters. The Labute approximate surface area is 192 Å². The number of esters is 1. The highest BCUT2D eigenvalue weighted by atomic mass is 16.5. The van der Waals surface area contributed by atoms with Crippen molar-refractivity contribution in [3.63, 3.8) is 0 Å². The van der Waals surface area contributed by atoms with E-state index in [1.54, 1.807) is 67.8 Å². The van der Waals surface area contributed by atoms with E-state index in [4.69, 9.17) is 23.7 Å². The second-order valence-corrected chi connectivity index (χ2v) is 6.77. The highest BCUT2D eigenvalue weighted by Gasteiger charge is 2.13. The number of rotatable bonds is 8. The van der Waals surface area contributed by atoms with Crippen LogP contribution in [0.4, 0.5) is 0 Å². The van der Waals surface area contributed by atoms with Crippen LogP contribution in [0.3, 0.4) is 0 Å². The first-order valence-electron chi connectivity index (χ1n) is 9.91. The van der Waals surface area contributed by atoms with Crippen molar-refractivity contribution in [2.24, 2.45) is 0 Å². The molecule has 0 N–H and O–H groups in total. The molecule has 0 amide bonds. The van der Waals surface area contributed by atoms with Gasteiger partial charge in [0.1, 0.15) is 5.75 Å². The van der Waals surface area contributed by atoms with Gasteiger partial charge in [0.2, 0.25) is 0 Å². The average Bonchev–Trinajstić information content (AvgIpc) is 2.86. The molecule has 33 heavy (non-hydrogen) atoms. The lowest BCUT2D eigenvalue weighted by molar-refractivity contribution is 0.0734. The smallest absolute Gasteiger partial charge is 0.343 e. The summed E-state index contributed by atoms with van der Waals surface area (Å²) < 4.78 is 26.5. The van der Waals surface area contributed by atoms with Crippen LogP contribution in [0, 0.1) is 11.3 Å². The predicted octanol–water partition coefficient (Wildman–Crippen LogP) is 5.00. The molecule has 7 heteroatoms. The predicted molar refractivity (Wildman–Crippen MR) is 124 cm³/mol. The Kier molecular flexibility index (Phi) is 7.55. The van der Waals surface area contributed by atoms with Gasteiger partial charge in [-0.05, 0) is 65.7 Å². The number of hydrogen-bond acceptors (Lipinski definition) is 7. The third kappa shape index (κ3) is 5.43. The molecule has 7 nitrogen and oxygen atoms in total. The van der Waals surface area contributed by atoms with Gasteiger partial charge >= 0.3 is 5.97 Å². The summed E-state index contributed by atoms with van der Waals surface area (Å²) in [5, 5.41) is 9.69. The Morgan fingerprint density at radius 1 is 0.758 bits per heavy atom. The van der Waals surface area contributed by atoms with Crippen LogP contribution in [0.1, 0.15) is 21.5 Å². The zero-order chi connectivity index (χ0) is 23.8. The molecule has 0 aliphatic rings. The maximum Gasteiger partial charge on any atom is 0.343 e. The first-order chi connectivity index (χ1) is 16.0. The molecule has 0 bridgehead atoms. The van der Waals surface area contributed by atoms with E-state index in [9.17, 15) is 10.1 Å². The molecule has 3 aromatic rings. The second-order valence-electron chi connectivity index (χ2n) is 6.77. The van der Waals surface area contributed by atoms with E-state index in [2.05, 4.69) is 6.07 Å². The number of carbonyl (C=O) groups excluding carboxylic acids is 1. The lowest BCUT2D eigenvalue weighted by atomic mass is 10.0. The highest BCUT2D eigenvalue weighted by molar-refractivity contribution is 5.92. The second kappa shape index (κ2) is 10.7. The van der Waals surface area contributed by atoms with Crippen LogP contribution >= 0.6 is 0 Å². The Morgan fingerprint density at radius 2 is 1.33 bits per heavy atom. The van der Waals surface area contributed by atoms with Crippen molar-refractivity contribution in [3.05, 3.63) is 77.4 Å². The summed E-state index contributed by atoms with van der Waals surface area (Å²) in [7, 11) is 6.10. The van der Waals surface area contributed by atoms with Crippen LogP contribution < -0.4 is 23.7 Å². The van der Waals surface area contributed by atoms with Crippen molar-refractivity contribution in [2.45, 2.75) is 0 Å². The Bertz CT molecular complexity index is 1230. The van der Waals surface area contributed by atoms with E-state index < -0.39 is 5.97 Å². The number of carbonyl (C=O) groups is 1. The molecule has 168 valence electrons. The standard InChI is InChI=1S/C26H23NO6/c1-29-22-10-8-18(14-24(22)31-3)20(16-27)12-17-6-5-7-21(13-17)33-26(28)19-9-11-23(30-2)25(15-19)32-4/h5-15H,1-4H3/b20-12-. The van der Waals surface area contributed by atoms with E-state index in [0.717, 1.165) is 0 Å². The molecule has 0 aliphatic heterocycles. The molecule has 0 aliphatic carbocycles. The van der Waals surface area contributed by atoms with Gasteiger partial charge in [0.05, 0.1) is 45.6 Å². The minimum atomic E-state index is -0.544. The Morgan fingerprint density at radius 3 is 1.91 bits per heavy atom. The monoisotopic (exact) mass is 445 g/mol. The van der Waals surface area contributed by atoms with E-state index in [1.807, 2.05) is 6.07 Å². The first-order valence-corrected chi connectivity index (χ1v) is 9.91. The Balaban J connectivity index is 1.85. The topological polar surface area (TPSA) is 87.0 Å². The van der Waals surface area contributed by atoms with Gasteiger partial charge in [-0.2, -0.15) is 5.26 Å². The summed E-state index contributed by atoms with van der Waals surface area (Å²) >= 11 is 0. The fraction of sp³-hybridized carbons (Fsp3) is 0.154. The van der Waals surface area contributed by atoms with Crippen LogP contribution in [0.25, 0.3) is 11.6 Å². The van der Waals surface area contributed by atoms with Gasteiger partial charge in [-0.3, -0.25) is 0 Å². The van der Waals surface area contributed by atoms with Crippen LogP contribution in [0.15, 0.2) is 60.7 Å². The number of allylic oxidation sites excluding steroid dienone is 1. The van der Waals surface area contributed by atoms with Gasteiger partial charge < -0.3 is 23.7 Å². The molecular weight excluding hydrogens is 422 g/mol. The summed E-state index contributed by atoms with van der Waals surface area (Å²) in [5.41, 5.74) is 2.10. The van der Waals surface area contributed by atoms with Crippen molar-refractivity contribution in [1.82, 2.24) is 0 Å². The molecular formula is C26H23NO6. The molecule has 0 radical (unpaired) electrons. The molecule has 0 aromatic heterocycles. The van der Waals surface area contributed by atoms with E-state index in [0.29, 0.717) is 51.0 Å². The third-order valence-electron chi connectivity index (χ3n) is 4.81. The number of benzene rings is 3. The number of hydrogen-bond donors (Lipinski definition) is 0. The number of ether oxygens (including phenoxy) is 5. The van der Waals surface area contributed by atoms with Gasteiger partial charge in [0, 0.05) is 0 Å². The molecule has 0 unspecified atom stereocenters. The van der Waals surface area contributed by atoms with Crippen LogP contribution in [0.5, 0.6) is 28.7 Å². The van der Waals surface area contributed by atoms with Crippen molar-refractivity contribution >= 4 is 17.6 Å². The number of nitriles is 1. The highest BCUT2D eigenvalue weighted by Crippen LogP contribution is 2.31. The van der Waals surface area contributed by atoms with Crippen LogP contribution in [-0.2, 0) is 0 Å². The van der Waals surface area contributed by atoms with Gasteiger partial charge in [-0.25, -0.2) is 4.79 Å². The first kappa shape index (κ1) is 23.2. The summed E-state index contributed by atoms with van der Waals surface area (Å²) in [6, 6.07) is 19.1. The van der Waals surface area contributed by atoms with Crippen molar-refractivity contribution in [2.75, 3.05) is 28.4 Å². The maximum atomic E-state index is 12.6. The average molecular weight is 445 g/mol. The van der Waals surface area contributed by atoms with E-state index in [-0.39, 0.29) is 0 Å². The molecule has 0 fully saturated rings. The third-order valence-corrected chi connectivity index (χ3v) is 4.81. The van der Waals surface area contributed by atoms with E-state index >= 15 is 0 Å². The summed E-state index contributed by atoms with van der Waals surface area (Å²) in [4.78, 5) is 12.6. The van der Waals surface area contributed by atoms with Crippen LogP contribution in [-0.4, -0.2) is 34.4 Å². The summed E-state index contributed by atoms with van der Waals surface area (Å²) in [6.07, 6.45) is 1.70. The Hall–Kier alpha value is -4.44. The summed E-state index contributed by atoms with van der Waals surface area (Å²) in [5.74, 6) is 1.83. The molecule has 0 saturated carbocycles. The fourth-order valence-corrected chi connectivity index (χ4v) is 3.15. The van der Waals surface area contributed by atoms with Crippen molar-refractivity contribution < 1.29 is 28.5 Å². The largest absolute Gasteiger partial charge is 0.493 e. The fourth-order valence-electron chi connectivity index (χ4n) is 3.15. The minimum absolute atomic E-state index is 0.316. The van der Waals surface area contributed by atoms with E-state index in [1.165, 1.54) is 21.3 Å².